The third-order valence-electron chi connectivity index (χ3n) is 1.85. The minimum atomic E-state index is -0.962. The van der Waals surface area contributed by atoms with Gasteiger partial charge in [0.25, 0.3) is 0 Å². The van der Waals surface area contributed by atoms with E-state index in [-0.39, 0.29) is 12.0 Å². The fourth-order valence-corrected chi connectivity index (χ4v) is 1.77. The van der Waals surface area contributed by atoms with Gasteiger partial charge in [-0.05, 0) is 0 Å². The van der Waals surface area contributed by atoms with Gasteiger partial charge in [-0.1, -0.05) is 20.8 Å². The number of hydrogen-bond acceptors (Lipinski definition) is 6. The first kappa shape index (κ1) is 13.9. The average Bonchev–Trinajstić information content (AvgIpc) is 2.64. The predicted molar refractivity (Wildman–Crippen MR) is 65.6 cm³/mol. The molecule has 0 atom stereocenters. The van der Waals surface area contributed by atoms with Crippen molar-refractivity contribution in [2.45, 2.75) is 26.2 Å². The van der Waals surface area contributed by atoms with Crippen LogP contribution in [0.15, 0.2) is 0 Å². The van der Waals surface area contributed by atoms with Crippen LogP contribution in [0.1, 0.15) is 26.6 Å². The molecular formula is C10H17N3O3S. The second-order valence-electron chi connectivity index (χ2n) is 4.55. The van der Waals surface area contributed by atoms with Gasteiger partial charge >= 0.3 is 5.97 Å². The van der Waals surface area contributed by atoms with Crippen molar-refractivity contribution >= 4 is 22.6 Å². The van der Waals surface area contributed by atoms with Crippen LogP contribution in [-0.4, -0.2) is 40.2 Å². The highest BCUT2D eigenvalue weighted by molar-refractivity contribution is 7.09. The number of hydrogen-bond donors (Lipinski definition) is 2. The van der Waals surface area contributed by atoms with Gasteiger partial charge in [0, 0.05) is 23.5 Å². The molecule has 0 aliphatic rings. The monoisotopic (exact) mass is 259 g/mol. The van der Waals surface area contributed by atoms with Gasteiger partial charge in [-0.3, -0.25) is 0 Å². The lowest BCUT2D eigenvalue weighted by Crippen LogP contribution is -2.15. The molecule has 1 aromatic rings. The van der Waals surface area contributed by atoms with Crippen molar-refractivity contribution in [2.75, 3.05) is 25.1 Å². The molecule has 0 bridgehead atoms. The maximum Gasteiger partial charge on any atom is 0.329 e. The summed E-state index contributed by atoms with van der Waals surface area (Å²) < 4.78 is 9.13. The van der Waals surface area contributed by atoms with E-state index in [0.717, 1.165) is 11.0 Å². The molecule has 2 N–H and O–H groups in total. The van der Waals surface area contributed by atoms with Crippen molar-refractivity contribution in [1.29, 1.82) is 0 Å². The quantitative estimate of drug-likeness (QED) is 0.750. The third kappa shape index (κ3) is 5.10. The van der Waals surface area contributed by atoms with Gasteiger partial charge in [-0.15, -0.1) is 0 Å². The van der Waals surface area contributed by atoms with E-state index in [4.69, 9.17) is 9.84 Å². The van der Waals surface area contributed by atoms with Gasteiger partial charge in [-0.25, -0.2) is 9.78 Å². The second kappa shape index (κ2) is 5.92. The molecule has 1 rings (SSSR count). The fourth-order valence-electron chi connectivity index (χ4n) is 0.990. The lowest BCUT2D eigenvalue weighted by Gasteiger charge is -2.12. The summed E-state index contributed by atoms with van der Waals surface area (Å²) in [6.07, 6.45) is 0. The molecule has 0 spiro atoms. The van der Waals surface area contributed by atoms with E-state index in [2.05, 4.69) is 35.4 Å². The summed E-state index contributed by atoms with van der Waals surface area (Å²) in [7, 11) is 0. The van der Waals surface area contributed by atoms with E-state index in [0.29, 0.717) is 13.2 Å². The van der Waals surface area contributed by atoms with Crippen molar-refractivity contribution in [3.05, 3.63) is 5.82 Å². The first-order chi connectivity index (χ1) is 7.89. The Kier molecular flexibility index (Phi) is 4.83. The third-order valence-corrected chi connectivity index (χ3v) is 2.52. The molecule has 17 heavy (non-hydrogen) atoms. The standard InChI is InChI=1S/C10H17N3O3S/c1-10(2,3)8-12-9(17-13-8)11-4-5-16-6-7(14)15/h4-6H2,1-3H3,(H,14,15)(H,11,12,13). The van der Waals surface area contributed by atoms with E-state index in [1.165, 1.54) is 11.5 Å². The molecule has 0 amide bonds. The van der Waals surface area contributed by atoms with Gasteiger partial charge in [0.2, 0.25) is 5.13 Å². The maximum atomic E-state index is 10.2. The number of anilines is 1. The van der Waals surface area contributed by atoms with Crippen molar-refractivity contribution < 1.29 is 14.6 Å². The molecule has 0 aromatic carbocycles. The van der Waals surface area contributed by atoms with Crippen molar-refractivity contribution in [2.24, 2.45) is 0 Å². The van der Waals surface area contributed by atoms with E-state index >= 15 is 0 Å². The van der Waals surface area contributed by atoms with Crippen molar-refractivity contribution in [3.63, 3.8) is 0 Å². The number of aliphatic carboxylic acids is 1. The smallest absolute Gasteiger partial charge is 0.329 e. The number of rotatable bonds is 6. The average molecular weight is 259 g/mol. The predicted octanol–water partition coefficient (Wildman–Crippen LogP) is 1.35. The lowest BCUT2D eigenvalue weighted by molar-refractivity contribution is -0.142. The van der Waals surface area contributed by atoms with Crippen LogP contribution in [0.3, 0.4) is 0 Å². The molecule has 0 saturated carbocycles. The van der Waals surface area contributed by atoms with Crippen LogP contribution in [-0.2, 0) is 14.9 Å². The Morgan fingerprint density at radius 2 is 2.24 bits per heavy atom. The number of nitrogens with zero attached hydrogens (tertiary/aromatic N) is 2. The molecule has 0 fully saturated rings. The van der Waals surface area contributed by atoms with E-state index in [1.807, 2.05) is 0 Å². The highest BCUT2D eigenvalue weighted by atomic mass is 32.1. The van der Waals surface area contributed by atoms with E-state index < -0.39 is 5.97 Å². The Labute approximate surface area is 104 Å². The summed E-state index contributed by atoms with van der Waals surface area (Å²) in [5.41, 5.74) is -0.0593. The molecule has 6 nitrogen and oxygen atoms in total. The van der Waals surface area contributed by atoms with Gasteiger partial charge < -0.3 is 15.2 Å². The minimum Gasteiger partial charge on any atom is -0.480 e. The summed E-state index contributed by atoms with van der Waals surface area (Å²) in [6.45, 7) is 6.73. The van der Waals surface area contributed by atoms with Crippen LogP contribution in [0, 0.1) is 0 Å². The van der Waals surface area contributed by atoms with Crippen LogP contribution in [0.2, 0.25) is 0 Å². The number of aromatic nitrogens is 2. The molecule has 1 aromatic heterocycles. The summed E-state index contributed by atoms with van der Waals surface area (Å²) in [5.74, 6) is -0.160. The highest BCUT2D eigenvalue weighted by Crippen LogP contribution is 2.22. The van der Waals surface area contributed by atoms with Gasteiger partial charge in [-0.2, -0.15) is 4.37 Å². The Hall–Kier alpha value is -1.21. The molecule has 7 heteroatoms. The number of carboxylic acid groups (broad SMARTS) is 1. The van der Waals surface area contributed by atoms with E-state index in [1.54, 1.807) is 0 Å². The highest BCUT2D eigenvalue weighted by Gasteiger charge is 2.19. The fraction of sp³-hybridized carbons (Fsp3) is 0.700. The van der Waals surface area contributed by atoms with Crippen LogP contribution in [0.4, 0.5) is 5.13 Å². The normalized spacial score (nSPS) is 11.5. The zero-order valence-electron chi connectivity index (χ0n) is 10.2. The maximum absolute atomic E-state index is 10.2. The van der Waals surface area contributed by atoms with Crippen LogP contribution in [0.25, 0.3) is 0 Å². The Morgan fingerprint density at radius 3 is 2.76 bits per heavy atom. The van der Waals surface area contributed by atoms with Gasteiger partial charge in [0.05, 0.1) is 6.61 Å². The van der Waals surface area contributed by atoms with Gasteiger partial charge in [0.1, 0.15) is 12.4 Å². The topological polar surface area (TPSA) is 84.3 Å². The number of carbonyl (C=O) groups is 1. The summed E-state index contributed by atoms with van der Waals surface area (Å²) in [5, 5.41) is 12.1. The number of ether oxygens (including phenoxy) is 1. The van der Waals surface area contributed by atoms with Crippen LogP contribution in [0.5, 0.6) is 0 Å². The zero-order valence-corrected chi connectivity index (χ0v) is 11.0. The first-order valence-corrected chi connectivity index (χ1v) is 6.04. The molecule has 96 valence electrons. The van der Waals surface area contributed by atoms with Crippen LogP contribution >= 0.6 is 11.5 Å². The molecule has 0 saturated heterocycles. The largest absolute Gasteiger partial charge is 0.480 e. The summed E-state index contributed by atoms with van der Waals surface area (Å²) in [4.78, 5) is 14.5. The van der Waals surface area contributed by atoms with Gasteiger partial charge in [0.15, 0.2) is 0 Å². The van der Waals surface area contributed by atoms with Crippen LogP contribution < -0.4 is 5.32 Å². The molecule has 0 radical (unpaired) electrons. The second-order valence-corrected chi connectivity index (χ2v) is 5.30. The minimum absolute atomic E-state index is 0.0593. The first-order valence-electron chi connectivity index (χ1n) is 5.27. The molecule has 1 heterocycles. The molecule has 0 aliphatic heterocycles. The molecule has 0 unspecified atom stereocenters. The summed E-state index contributed by atoms with van der Waals surface area (Å²) in [6, 6.07) is 0. The van der Waals surface area contributed by atoms with Crippen molar-refractivity contribution in [1.82, 2.24) is 9.36 Å². The van der Waals surface area contributed by atoms with Crippen molar-refractivity contribution in [3.8, 4) is 0 Å². The Morgan fingerprint density at radius 1 is 1.53 bits per heavy atom. The lowest BCUT2D eigenvalue weighted by atomic mass is 9.96. The SMILES string of the molecule is CC(C)(C)c1nsc(NCCOCC(=O)O)n1. The molecular weight excluding hydrogens is 242 g/mol. The Bertz CT molecular complexity index is 373. The number of nitrogens with one attached hydrogen (secondary N) is 1. The summed E-state index contributed by atoms with van der Waals surface area (Å²) >= 11 is 1.30. The van der Waals surface area contributed by atoms with E-state index in [9.17, 15) is 4.79 Å². The Balaban J connectivity index is 2.28. The zero-order chi connectivity index (χ0) is 12.9. The molecule has 0 aliphatic carbocycles. The number of carboxylic acids is 1.